The number of aryl methyl sites for hydroxylation is 1. The molecule has 1 fully saturated rings. The van der Waals surface area contributed by atoms with Crippen LogP contribution in [0.4, 0.5) is 11.6 Å². The summed E-state index contributed by atoms with van der Waals surface area (Å²) in [5.41, 5.74) is 0. The normalized spacial score (nSPS) is 18.2. The first-order valence-corrected chi connectivity index (χ1v) is 8.27. The Bertz CT molecular complexity index is 438. The van der Waals surface area contributed by atoms with Crippen LogP contribution in [0.25, 0.3) is 0 Å². The Kier molecular flexibility index (Phi) is 6.23. The van der Waals surface area contributed by atoms with Gasteiger partial charge in [-0.15, -0.1) is 0 Å². The van der Waals surface area contributed by atoms with Crippen LogP contribution in [-0.2, 0) is 6.42 Å². The maximum atomic E-state index is 9.05. The van der Waals surface area contributed by atoms with Gasteiger partial charge in [0.1, 0.15) is 17.5 Å². The highest BCUT2D eigenvalue weighted by Crippen LogP contribution is 2.28. The number of nitrogens with zero attached hydrogens (tertiary/aromatic N) is 3. The fourth-order valence-corrected chi connectivity index (χ4v) is 2.90. The van der Waals surface area contributed by atoms with Gasteiger partial charge in [0.05, 0.1) is 0 Å². The lowest BCUT2D eigenvalue weighted by atomic mass is 10.1. The van der Waals surface area contributed by atoms with Gasteiger partial charge >= 0.3 is 0 Å². The minimum Gasteiger partial charge on any atom is -0.396 e. The summed E-state index contributed by atoms with van der Waals surface area (Å²) in [7, 11) is 0. The van der Waals surface area contributed by atoms with Crippen LogP contribution >= 0.6 is 0 Å². The lowest BCUT2D eigenvalue weighted by Gasteiger charge is -2.26. The van der Waals surface area contributed by atoms with Gasteiger partial charge in [-0.1, -0.05) is 13.8 Å². The number of anilines is 2. The van der Waals surface area contributed by atoms with Gasteiger partial charge < -0.3 is 15.3 Å². The van der Waals surface area contributed by atoms with E-state index in [4.69, 9.17) is 10.1 Å². The highest BCUT2D eigenvalue weighted by Gasteiger charge is 2.25. The number of aliphatic hydroxyl groups excluding tert-OH is 1. The molecule has 2 N–H and O–H groups in total. The van der Waals surface area contributed by atoms with E-state index in [0.717, 1.165) is 56.2 Å². The summed E-state index contributed by atoms with van der Waals surface area (Å²) in [5, 5.41) is 12.4. The molecule has 1 atom stereocenters. The molecule has 1 aliphatic heterocycles. The van der Waals surface area contributed by atoms with Crippen molar-refractivity contribution in [3.05, 3.63) is 11.9 Å². The van der Waals surface area contributed by atoms with Gasteiger partial charge in [0.2, 0.25) is 0 Å². The van der Waals surface area contributed by atoms with Crippen molar-refractivity contribution >= 4 is 11.6 Å². The largest absolute Gasteiger partial charge is 0.396 e. The van der Waals surface area contributed by atoms with Crippen LogP contribution in [-0.4, -0.2) is 40.8 Å². The van der Waals surface area contributed by atoms with E-state index < -0.39 is 0 Å². The molecule has 1 aromatic rings. The van der Waals surface area contributed by atoms with E-state index in [1.807, 2.05) is 0 Å². The van der Waals surface area contributed by atoms with E-state index in [2.05, 4.69) is 35.1 Å². The van der Waals surface area contributed by atoms with Gasteiger partial charge in [-0.25, -0.2) is 9.97 Å². The van der Waals surface area contributed by atoms with Crippen molar-refractivity contribution in [3.63, 3.8) is 0 Å². The van der Waals surface area contributed by atoms with Crippen LogP contribution in [0, 0.1) is 0 Å². The summed E-state index contributed by atoms with van der Waals surface area (Å²) < 4.78 is 0. The second kappa shape index (κ2) is 8.17. The zero-order valence-electron chi connectivity index (χ0n) is 13.3. The van der Waals surface area contributed by atoms with Crippen LogP contribution in [0.1, 0.15) is 51.8 Å². The smallest absolute Gasteiger partial charge is 0.134 e. The Hall–Kier alpha value is -1.36. The summed E-state index contributed by atoms with van der Waals surface area (Å²) in [4.78, 5) is 11.7. The Morgan fingerprint density at radius 1 is 1.38 bits per heavy atom. The predicted molar refractivity (Wildman–Crippen MR) is 86.9 cm³/mol. The minimum absolute atomic E-state index is 0.275. The third kappa shape index (κ3) is 4.30. The number of rotatable bonds is 8. The summed E-state index contributed by atoms with van der Waals surface area (Å²) in [6, 6.07) is 2.59. The van der Waals surface area contributed by atoms with Gasteiger partial charge in [-0.3, -0.25) is 0 Å². The summed E-state index contributed by atoms with van der Waals surface area (Å²) in [5.74, 6) is 2.88. The van der Waals surface area contributed by atoms with Crippen molar-refractivity contribution in [2.75, 3.05) is 29.9 Å². The van der Waals surface area contributed by atoms with Crippen molar-refractivity contribution in [2.45, 2.75) is 58.4 Å². The zero-order chi connectivity index (χ0) is 15.1. The average Bonchev–Trinajstić information content (AvgIpc) is 2.99. The molecule has 0 aromatic carbocycles. The van der Waals surface area contributed by atoms with E-state index in [1.54, 1.807) is 0 Å². The Balaban J connectivity index is 2.16. The molecule has 1 aromatic heterocycles. The molecule has 0 spiro atoms. The SMILES string of the molecule is CCCNc1cc(N2CCCC2CCCO)nc(CC)n1. The van der Waals surface area contributed by atoms with Crippen LogP contribution in [0.3, 0.4) is 0 Å². The number of nitrogens with one attached hydrogen (secondary N) is 1. The topological polar surface area (TPSA) is 61.3 Å². The molecule has 0 radical (unpaired) electrons. The first kappa shape index (κ1) is 16.0. The van der Waals surface area contributed by atoms with Crippen LogP contribution in [0.15, 0.2) is 6.07 Å². The highest BCUT2D eigenvalue weighted by molar-refractivity contribution is 5.50. The third-order valence-corrected chi connectivity index (χ3v) is 4.00. The van der Waals surface area contributed by atoms with Crippen molar-refractivity contribution in [1.29, 1.82) is 0 Å². The van der Waals surface area contributed by atoms with E-state index in [9.17, 15) is 0 Å². The second-order valence-electron chi connectivity index (χ2n) is 5.66. The first-order chi connectivity index (χ1) is 10.3. The Labute approximate surface area is 127 Å². The van der Waals surface area contributed by atoms with Gasteiger partial charge in [0, 0.05) is 38.2 Å². The average molecular weight is 292 g/mol. The van der Waals surface area contributed by atoms with Gasteiger partial charge in [-0.05, 0) is 32.1 Å². The van der Waals surface area contributed by atoms with Crippen LogP contribution in [0.5, 0.6) is 0 Å². The molecule has 1 unspecified atom stereocenters. The molecule has 0 aliphatic carbocycles. The molecular weight excluding hydrogens is 264 g/mol. The van der Waals surface area contributed by atoms with Gasteiger partial charge in [-0.2, -0.15) is 0 Å². The molecule has 0 saturated carbocycles. The molecule has 1 saturated heterocycles. The second-order valence-corrected chi connectivity index (χ2v) is 5.66. The van der Waals surface area contributed by atoms with Gasteiger partial charge in [0.25, 0.3) is 0 Å². The maximum Gasteiger partial charge on any atom is 0.134 e. The van der Waals surface area contributed by atoms with E-state index in [1.165, 1.54) is 12.8 Å². The van der Waals surface area contributed by atoms with Crippen LogP contribution in [0.2, 0.25) is 0 Å². The molecular formula is C16H28N4O. The van der Waals surface area contributed by atoms with E-state index >= 15 is 0 Å². The molecule has 21 heavy (non-hydrogen) atoms. The summed E-state index contributed by atoms with van der Waals surface area (Å²) in [6.07, 6.45) is 6.25. The monoisotopic (exact) mass is 292 g/mol. The molecule has 2 rings (SSSR count). The highest BCUT2D eigenvalue weighted by atomic mass is 16.2. The standard InChI is InChI=1S/C16H28N4O/c1-3-9-17-15-12-16(19-14(4-2)18-15)20-10-5-7-13(20)8-6-11-21/h12-13,21H,3-11H2,1-2H3,(H,17,18,19). The van der Waals surface area contributed by atoms with E-state index in [-0.39, 0.29) is 6.61 Å². The lowest BCUT2D eigenvalue weighted by Crippen LogP contribution is -2.30. The number of hydrogen-bond donors (Lipinski definition) is 2. The molecule has 118 valence electrons. The molecule has 5 nitrogen and oxygen atoms in total. The van der Waals surface area contributed by atoms with Crippen molar-refractivity contribution in [1.82, 2.24) is 9.97 Å². The van der Waals surface area contributed by atoms with E-state index in [0.29, 0.717) is 6.04 Å². The molecule has 2 heterocycles. The maximum absolute atomic E-state index is 9.05. The molecule has 0 amide bonds. The fraction of sp³-hybridized carbons (Fsp3) is 0.750. The lowest BCUT2D eigenvalue weighted by molar-refractivity contribution is 0.279. The number of hydrogen-bond acceptors (Lipinski definition) is 5. The zero-order valence-corrected chi connectivity index (χ0v) is 13.3. The minimum atomic E-state index is 0.275. The van der Waals surface area contributed by atoms with Crippen molar-refractivity contribution in [3.8, 4) is 0 Å². The molecule has 5 heteroatoms. The predicted octanol–water partition coefficient (Wildman–Crippen LogP) is 2.60. The first-order valence-electron chi connectivity index (χ1n) is 8.27. The number of aliphatic hydroxyl groups is 1. The fourth-order valence-electron chi connectivity index (χ4n) is 2.90. The third-order valence-electron chi connectivity index (χ3n) is 4.00. The van der Waals surface area contributed by atoms with Crippen molar-refractivity contribution < 1.29 is 5.11 Å². The van der Waals surface area contributed by atoms with Crippen molar-refractivity contribution in [2.24, 2.45) is 0 Å². The summed E-state index contributed by atoms with van der Waals surface area (Å²) in [6.45, 7) is 6.52. The molecule has 1 aliphatic rings. The van der Waals surface area contributed by atoms with Gasteiger partial charge in [0.15, 0.2) is 0 Å². The number of aromatic nitrogens is 2. The quantitative estimate of drug-likeness (QED) is 0.771. The Morgan fingerprint density at radius 3 is 2.95 bits per heavy atom. The Morgan fingerprint density at radius 2 is 2.24 bits per heavy atom. The molecule has 0 bridgehead atoms. The summed E-state index contributed by atoms with van der Waals surface area (Å²) >= 11 is 0. The van der Waals surface area contributed by atoms with Crippen LogP contribution < -0.4 is 10.2 Å².